The Morgan fingerprint density at radius 1 is 0.333 bits per heavy atom. The fraction of sp³-hybridized carbons (Fsp3) is 0.422. The molecule has 0 saturated heterocycles. The minimum Gasteiger partial charge on any atom is -0.497 e. The van der Waals surface area contributed by atoms with Gasteiger partial charge in [0.1, 0.15) is 23.0 Å². The van der Waals surface area contributed by atoms with E-state index in [4.69, 9.17) is 91.8 Å². The van der Waals surface area contributed by atoms with E-state index in [0.29, 0.717) is 42.6 Å². The first-order valence-electron chi connectivity index (χ1n) is 45.0. The summed E-state index contributed by atoms with van der Waals surface area (Å²) in [6.45, 7) is 14.6. The van der Waals surface area contributed by atoms with Gasteiger partial charge in [0, 0.05) is 37.9 Å². The molecule has 0 amide bonds. The predicted molar refractivity (Wildman–Crippen MR) is 534 cm³/mol. The molecule has 2 atom stereocenters. The lowest BCUT2D eigenvalue weighted by Gasteiger charge is -2.40. The van der Waals surface area contributed by atoms with E-state index in [2.05, 4.69) is 144 Å². The smallest absolute Gasteiger partial charge is 0.161 e. The Morgan fingerprint density at radius 2 is 0.713 bits per heavy atom. The summed E-state index contributed by atoms with van der Waals surface area (Å²) in [4.78, 5) is 0. The quantitative estimate of drug-likeness (QED) is 0.0418. The summed E-state index contributed by atoms with van der Waals surface area (Å²) >= 11 is 0. The number of allylic oxidation sites excluding steroid dienone is 9. The average Bonchev–Trinajstić information content (AvgIpc) is 1.52. The lowest BCUT2D eigenvalue weighted by Crippen LogP contribution is -2.30. The number of nitrogens with zero attached hydrogens (tertiary/aromatic N) is 3. The molecule has 0 fully saturated rings. The molecule has 129 heavy (non-hydrogen) atoms. The second-order valence-corrected chi connectivity index (χ2v) is 33.8. The van der Waals surface area contributed by atoms with Gasteiger partial charge in [-0.1, -0.05) is 68.0 Å². The number of fused-ring (bicyclic) bond motifs is 8. The zero-order valence-electron chi connectivity index (χ0n) is 79.0. The monoisotopic (exact) mass is 1790 g/mol. The van der Waals surface area contributed by atoms with Crippen LogP contribution in [0.2, 0.25) is 0 Å². The summed E-state index contributed by atoms with van der Waals surface area (Å²) in [7, 11) is 16.7. The molecule has 0 spiro atoms. The van der Waals surface area contributed by atoms with E-state index in [1.165, 1.54) is 169 Å². The van der Waals surface area contributed by atoms with E-state index in [0.717, 1.165) is 183 Å². The van der Waals surface area contributed by atoms with Gasteiger partial charge in [0.05, 0.1) is 89.3 Å². The number of halogens is 2. The molecule has 0 aromatic heterocycles. The highest BCUT2D eigenvalue weighted by Crippen LogP contribution is 2.49. The van der Waals surface area contributed by atoms with Gasteiger partial charge < -0.3 is 76.0 Å². The van der Waals surface area contributed by atoms with Crippen molar-refractivity contribution in [3.8, 4) is 75.7 Å². The van der Waals surface area contributed by atoms with Crippen LogP contribution < -0.4 is 76.0 Å². The van der Waals surface area contributed by atoms with Crippen molar-refractivity contribution in [3.05, 3.63) is 257 Å². The van der Waals surface area contributed by atoms with E-state index in [9.17, 15) is 0 Å². The zero-order valence-corrected chi connectivity index (χ0v) is 80.6. The molecule has 0 saturated carbocycles. The molecular formula is C109H140Cl2N8O10. The second-order valence-electron chi connectivity index (χ2n) is 33.8. The fourth-order valence-corrected chi connectivity index (χ4v) is 19.0. The predicted octanol–water partition coefficient (Wildman–Crippen LogP) is 22.5. The Bertz CT molecular complexity index is 5390. The molecule has 2 unspecified atom stereocenters. The van der Waals surface area contributed by atoms with Crippen LogP contribution in [0.5, 0.6) is 57.5 Å². The lowest BCUT2D eigenvalue weighted by atomic mass is 9.65. The third-order valence-corrected chi connectivity index (χ3v) is 25.7. The van der Waals surface area contributed by atoms with Gasteiger partial charge in [0.2, 0.25) is 0 Å². The van der Waals surface area contributed by atoms with Crippen LogP contribution >= 0.6 is 24.8 Å². The van der Waals surface area contributed by atoms with Crippen molar-refractivity contribution in [2.45, 2.75) is 194 Å². The molecule has 0 heterocycles. The van der Waals surface area contributed by atoms with Crippen LogP contribution in [-0.2, 0) is 51.4 Å². The van der Waals surface area contributed by atoms with Crippen molar-refractivity contribution in [1.82, 2.24) is 0 Å². The summed E-state index contributed by atoms with van der Waals surface area (Å²) in [6.07, 6.45) is 37.1. The van der Waals surface area contributed by atoms with Crippen molar-refractivity contribution < 1.29 is 47.4 Å². The van der Waals surface area contributed by atoms with Crippen LogP contribution in [0.3, 0.4) is 0 Å². The second kappa shape index (κ2) is 53.3. The van der Waals surface area contributed by atoms with Gasteiger partial charge in [-0.25, -0.2) is 0 Å². The van der Waals surface area contributed by atoms with Crippen molar-refractivity contribution in [3.63, 3.8) is 0 Å². The van der Waals surface area contributed by atoms with Gasteiger partial charge in [-0.2, -0.15) is 15.8 Å². The minimum atomic E-state index is 0. The maximum atomic E-state index is 8.79. The largest absolute Gasteiger partial charge is 0.497 e. The molecule has 690 valence electrons. The van der Waals surface area contributed by atoms with Crippen LogP contribution in [-0.4, -0.2) is 104 Å². The Morgan fingerprint density at radius 3 is 1.22 bits per heavy atom. The molecule has 8 aliphatic rings. The number of nitriles is 3. The van der Waals surface area contributed by atoms with Crippen LogP contribution in [0.15, 0.2) is 152 Å². The number of methoxy groups -OCH3 is 10. The number of aryl methyl sites for hydroxylation is 9. The number of hydrogen-bond donors (Lipinski definition) is 5. The molecule has 10 N–H and O–H groups in total. The highest BCUT2D eigenvalue weighted by atomic mass is 35.5. The van der Waals surface area contributed by atoms with Crippen LogP contribution in [0.4, 0.5) is 0 Å². The van der Waals surface area contributed by atoms with Gasteiger partial charge in [-0.3, -0.25) is 0 Å². The standard InChI is InChI=1S/C15H23NO.C14H15NO2.C14H15NO.C14H19NO.C14H19N.C13H19NO2.C13H13NO2.C12H15NO.2ClH/c1-15(2)8-6-11-4-5-12(17-3)10-13(11)14(15)7-9-16;1-16-13-8-11-5-3-4-10(6-7-15)12(11)9-14(13)17-2;1-10-8-12(16-2)9-14-11(6-7-15)4-3-5-13(10)14;1-16-13-7-6-11-4-2-3-5-12(8-9-15)14(11)10-13;1-10-8-11(2)13-5-3-4-12(6-7-15)14(13)9-10;2*1-15-12-7-10-4-3-9(5-6-14)11(10)8-13(12)16-2;1-14-11-5-4-9-2-3-10(6-7-13)12(9)8-11;;/h4-5,10,14H,6-9,16H2,1-3H3;6,8-9H,3-5H2,1-2H3;6,8-9H,3-5H2,1-2H3;6-8,10H,2-5,9,15H2,1H3;6,8-9H,3-5,7,15H2,1-2H3;7-9H,3-6,14H2,1-2H3;5,7-8H,3-4H2,1-2H3;4-6,8H,2-3,7,13H2,1H3;2*1H/b;;;12-8+;;;;10-6+;;. The lowest BCUT2D eigenvalue weighted by molar-refractivity contribution is 0.235. The Kier molecular flexibility index (Phi) is 43.4. The normalized spacial score (nSPS) is 17.5. The number of ether oxygens (including phenoxy) is 10. The topological polar surface area (TPSA) is 294 Å². The van der Waals surface area contributed by atoms with Crippen molar-refractivity contribution >= 4 is 58.3 Å². The first kappa shape index (κ1) is 105. The number of nitrogens with two attached hydrogens (primary N) is 5. The van der Waals surface area contributed by atoms with E-state index in [1.807, 2.05) is 42.5 Å². The van der Waals surface area contributed by atoms with E-state index < -0.39 is 0 Å². The molecule has 8 aromatic rings. The summed E-state index contributed by atoms with van der Waals surface area (Å²) in [6, 6.07) is 46.3. The highest BCUT2D eigenvalue weighted by molar-refractivity contribution is 5.86. The third kappa shape index (κ3) is 27.8. The van der Waals surface area contributed by atoms with Gasteiger partial charge in [0.15, 0.2) is 34.5 Å². The zero-order chi connectivity index (χ0) is 91.5. The average molecular weight is 1790 g/mol. The van der Waals surface area contributed by atoms with E-state index >= 15 is 0 Å². The molecule has 16 rings (SSSR count). The maximum absolute atomic E-state index is 8.79. The van der Waals surface area contributed by atoms with Crippen LogP contribution in [0.25, 0.3) is 33.4 Å². The third-order valence-electron chi connectivity index (χ3n) is 25.7. The molecule has 20 heteroatoms. The molecule has 0 radical (unpaired) electrons. The van der Waals surface area contributed by atoms with E-state index in [1.54, 1.807) is 89.3 Å². The van der Waals surface area contributed by atoms with Crippen molar-refractivity contribution in [2.24, 2.45) is 34.1 Å². The SMILES string of the molecule is COc1cc(C)c2c(c1)C(=CC#N)CCC2.COc1cc2c(cc1OC)C(=CC#N)CC2.COc1cc2c(cc1OC)C(=CC#N)CCC2.COc1cc2c(cc1OC)C(CCN)CC2.COc1ccc2c(c1)/C(=C/CN)CC2.COc1ccc2c(c1)/C(=C/CN)CCCC2.COc1ccc2c(c1)C(CCN)C(C)(C)CC2.Cc1cc(C)c2c(c1)C(=CCN)CCC2.Cl.Cl. The van der Waals surface area contributed by atoms with Crippen molar-refractivity contribution in [2.75, 3.05) is 104 Å². The van der Waals surface area contributed by atoms with Crippen molar-refractivity contribution in [1.29, 1.82) is 15.8 Å². The number of rotatable bonds is 17. The van der Waals surface area contributed by atoms with Gasteiger partial charge in [0.25, 0.3) is 0 Å². The molecule has 18 nitrogen and oxygen atoms in total. The summed E-state index contributed by atoms with van der Waals surface area (Å²) in [5, 5.41) is 26.3. The molecule has 8 aliphatic carbocycles. The van der Waals surface area contributed by atoms with Gasteiger partial charge in [-0.15, -0.1) is 24.8 Å². The van der Waals surface area contributed by atoms with Crippen LogP contribution in [0, 0.1) is 60.2 Å². The first-order valence-corrected chi connectivity index (χ1v) is 45.0. The Hall–Kier alpha value is -11.0. The first-order chi connectivity index (χ1) is 61.6. The number of hydrogen-bond acceptors (Lipinski definition) is 18. The molecule has 8 aromatic carbocycles. The number of benzene rings is 8. The Balaban J connectivity index is 0.000000201. The van der Waals surface area contributed by atoms with E-state index in [-0.39, 0.29) is 24.8 Å². The van der Waals surface area contributed by atoms with Crippen LogP contribution in [0.1, 0.15) is 228 Å². The summed E-state index contributed by atoms with van der Waals surface area (Å²) in [5.74, 6) is 9.45. The molecule has 0 bridgehead atoms. The van der Waals surface area contributed by atoms with Gasteiger partial charge >= 0.3 is 0 Å². The molecule has 0 aliphatic heterocycles. The Labute approximate surface area is 781 Å². The maximum Gasteiger partial charge on any atom is 0.161 e. The minimum absolute atomic E-state index is 0. The van der Waals surface area contributed by atoms with Gasteiger partial charge in [-0.05, 0) is 417 Å². The summed E-state index contributed by atoms with van der Waals surface area (Å²) in [5.41, 5.74) is 61.5. The molecular weight excluding hydrogens is 1650 g/mol. The summed E-state index contributed by atoms with van der Waals surface area (Å²) < 4.78 is 52.8. The highest BCUT2D eigenvalue weighted by Gasteiger charge is 2.36. The fourth-order valence-electron chi connectivity index (χ4n) is 19.0.